The number of aliphatic hydroxyl groups is 1. The van der Waals surface area contributed by atoms with Gasteiger partial charge in [0.15, 0.2) is 12.2 Å². The number of hydrogen-bond acceptors (Lipinski definition) is 15. The maximum atomic E-state index is 13.1. The van der Waals surface area contributed by atoms with Gasteiger partial charge in [-0.25, -0.2) is 9.13 Å². The lowest BCUT2D eigenvalue weighted by Crippen LogP contribution is -2.30. The van der Waals surface area contributed by atoms with Gasteiger partial charge in [-0.1, -0.05) is 362 Å². The number of aliphatic hydroxyl groups excluding tert-OH is 1. The minimum absolute atomic E-state index is 0.108. The smallest absolute Gasteiger partial charge is 0.462 e. The van der Waals surface area contributed by atoms with Gasteiger partial charge in [-0.15, -0.1) is 0 Å². The Labute approximate surface area is 594 Å². The Morgan fingerprint density at radius 3 is 0.732 bits per heavy atom. The molecule has 0 aliphatic rings. The van der Waals surface area contributed by atoms with Crippen molar-refractivity contribution in [2.45, 2.75) is 432 Å². The second-order valence-electron chi connectivity index (χ2n) is 28.3. The minimum atomic E-state index is -4.96. The quantitative estimate of drug-likeness (QED) is 0.0222. The lowest BCUT2D eigenvalue weighted by Gasteiger charge is -2.21. The average molecular weight is 1420 g/mol. The van der Waals surface area contributed by atoms with Crippen LogP contribution >= 0.6 is 15.6 Å². The van der Waals surface area contributed by atoms with Crippen molar-refractivity contribution in [3.05, 3.63) is 0 Å². The Hall–Kier alpha value is -1.94. The summed E-state index contributed by atoms with van der Waals surface area (Å²) >= 11 is 0. The molecule has 0 fully saturated rings. The summed E-state index contributed by atoms with van der Waals surface area (Å²) in [6.45, 7) is 7.31. The van der Waals surface area contributed by atoms with E-state index >= 15 is 0 Å². The monoisotopic (exact) mass is 1420 g/mol. The summed E-state index contributed by atoms with van der Waals surface area (Å²) in [5.41, 5.74) is 0. The van der Waals surface area contributed by atoms with Crippen molar-refractivity contribution in [2.75, 3.05) is 39.6 Å². The fraction of sp³-hybridized carbons (Fsp3) is 0.949. The van der Waals surface area contributed by atoms with Crippen LogP contribution in [0.2, 0.25) is 0 Å². The Kier molecular flexibility index (Phi) is 69.6. The van der Waals surface area contributed by atoms with Gasteiger partial charge in [0.05, 0.1) is 26.4 Å². The largest absolute Gasteiger partial charge is 0.472 e. The third-order valence-corrected chi connectivity index (χ3v) is 20.5. The fourth-order valence-corrected chi connectivity index (χ4v) is 13.6. The Balaban J connectivity index is 5.18. The van der Waals surface area contributed by atoms with Crippen molar-refractivity contribution in [3.63, 3.8) is 0 Å². The first-order valence-corrected chi connectivity index (χ1v) is 43.7. The normalized spacial score (nSPS) is 14.2. The van der Waals surface area contributed by atoms with Crippen LogP contribution in [0.1, 0.15) is 413 Å². The number of carbonyl (C=O) groups excluding carboxylic acids is 4. The lowest BCUT2D eigenvalue weighted by atomic mass is 9.99. The molecule has 17 nitrogen and oxygen atoms in total. The molecule has 3 N–H and O–H groups in total. The molecule has 0 aromatic heterocycles. The van der Waals surface area contributed by atoms with Crippen molar-refractivity contribution in [3.8, 4) is 0 Å². The van der Waals surface area contributed by atoms with Crippen LogP contribution in [-0.4, -0.2) is 96.7 Å². The molecule has 576 valence electrons. The van der Waals surface area contributed by atoms with Crippen LogP contribution in [0.4, 0.5) is 0 Å². The van der Waals surface area contributed by atoms with Gasteiger partial charge in [-0.2, -0.15) is 0 Å². The Morgan fingerprint density at radius 1 is 0.289 bits per heavy atom. The van der Waals surface area contributed by atoms with Crippen molar-refractivity contribution >= 4 is 39.5 Å². The van der Waals surface area contributed by atoms with Gasteiger partial charge in [0.25, 0.3) is 0 Å². The molecule has 0 aromatic carbocycles. The van der Waals surface area contributed by atoms with E-state index in [2.05, 4.69) is 34.6 Å². The molecule has 0 rings (SSSR count). The summed E-state index contributed by atoms with van der Waals surface area (Å²) in [7, 11) is -9.91. The van der Waals surface area contributed by atoms with Gasteiger partial charge in [0.2, 0.25) is 0 Å². The summed E-state index contributed by atoms with van der Waals surface area (Å²) in [4.78, 5) is 72.8. The van der Waals surface area contributed by atoms with Crippen molar-refractivity contribution in [2.24, 2.45) is 5.92 Å². The molecule has 0 aliphatic heterocycles. The zero-order valence-electron chi connectivity index (χ0n) is 63.2. The molecule has 0 heterocycles. The maximum Gasteiger partial charge on any atom is 0.472 e. The van der Waals surface area contributed by atoms with E-state index in [4.69, 9.17) is 37.0 Å². The van der Waals surface area contributed by atoms with Gasteiger partial charge >= 0.3 is 39.5 Å². The van der Waals surface area contributed by atoms with E-state index in [0.29, 0.717) is 25.7 Å². The van der Waals surface area contributed by atoms with E-state index in [1.807, 2.05) is 0 Å². The molecule has 0 aromatic rings. The third-order valence-electron chi connectivity index (χ3n) is 18.6. The highest BCUT2D eigenvalue weighted by Crippen LogP contribution is 2.45. The zero-order valence-corrected chi connectivity index (χ0v) is 65.0. The van der Waals surface area contributed by atoms with Crippen LogP contribution in [0, 0.1) is 5.92 Å². The number of unbranched alkanes of at least 4 members (excludes halogenated alkanes) is 49. The molecule has 0 spiro atoms. The third kappa shape index (κ3) is 70.9. The van der Waals surface area contributed by atoms with E-state index in [1.54, 1.807) is 0 Å². The number of esters is 4. The van der Waals surface area contributed by atoms with Crippen LogP contribution in [-0.2, 0) is 65.4 Å². The van der Waals surface area contributed by atoms with Gasteiger partial charge in [-0.05, 0) is 31.6 Å². The number of rotatable bonds is 78. The summed E-state index contributed by atoms with van der Waals surface area (Å²) in [5.74, 6) is -1.30. The fourth-order valence-electron chi connectivity index (χ4n) is 12.0. The van der Waals surface area contributed by atoms with E-state index in [0.717, 1.165) is 95.8 Å². The van der Waals surface area contributed by atoms with Crippen molar-refractivity contribution in [1.29, 1.82) is 0 Å². The Bertz CT molecular complexity index is 1860. The molecular formula is C78H152O17P2. The molecule has 0 radical (unpaired) electrons. The van der Waals surface area contributed by atoms with Crippen LogP contribution < -0.4 is 0 Å². The van der Waals surface area contributed by atoms with E-state index in [9.17, 15) is 43.2 Å². The number of hydrogen-bond donors (Lipinski definition) is 3. The first kappa shape index (κ1) is 95.1. The molecule has 0 bridgehead atoms. The number of ether oxygens (including phenoxy) is 4. The van der Waals surface area contributed by atoms with Crippen LogP contribution in [0.5, 0.6) is 0 Å². The molecule has 0 saturated heterocycles. The number of phosphoric ester groups is 2. The molecule has 0 amide bonds. The van der Waals surface area contributed by atoms with E-state index in [1.165, 1.54) is 238 Å². The molecule has 19 heteroatoms. The molecule has 6 atom stereocenters. The Morgan fingerprint density at radius 2 is 0.495 bits per heavy atom. The maximum absolute atomic E-state index is 13.1. The van der Waals surface area contributed by atoms with Crippen LogP contribution in [0.3, 0.4) is 0 Å². The van der Waals surface area contributed by atoms with Gasteiger partial charge in [0, 0.05) is 25.7 Å². The standard InChI is InChI=1S/C78H152O17P2/c1-6-10-13-16-19-22-24-26-27-28-29-30-31-32-33-34-35-37-44-49-54-59-64-78(83)95-74(68-89-76(81)62-57-52-47-42-39-38-41-45-50-55-60-71(5)9-4)70-93-97(86,87)91-66-72(79)65-90-96(84,85)92-69-73(67-88-75(80)61-56-51-46-40-21-18-15-12-8-3)94-77(82)63-58-53-48-43-36-25-23-20-17-14-11-7-2/h71-74,79H,6-70H2,1-5H3,(H,84,85)(H,86,87)/t71?,72-,73+,74+/m0/s1. The second-order valence-corrected chi connectivity index (χ2v) is 31.3. The predicted octanol–water partition coefficient (Wildman–Crippen LogP) is 23.3. The predicted molar refractivity (Wildman–Crippen MR) is 395 cm³/mol. The molecule has 97 heavy (non-hydrogen) atoms. The van der Waals surface area contributed by atoms with Gasteiger partial charge in [-0.3, -0.25) is 37.3 Å². The van der Waals surface area contributed by atoms with Gasteiger partial charge in [0.1, 0.15) is 19.3 Å². The summed E-state index contributed by atoms with van der Waals surface area (Å²) in [6, 6.07) is 0. The average Bonchev–Trinajstić information content (AvgIpc) is 1.23. The van der Waals surface area contributed by atoms with Crippen molar-refractivity contribution in [1.82, 2.24) is 0 Å². The first-order chi connectivity index (χ1) is 47.1. The summed E-state index contributed by atoms with van der Waals surface area (Å²) < 4.78 is 68.5. The van der Waals surface area contributed by atoms with E-state index in [-0.39, 0.29) is 25.7 Å². The molecule has 0 saturated carbocycles. The highest BCUT2D eigenvalue weighted by atomic mass is 31.2. The van der Waals surface area contributed by atoms with Crippen LogP contribution in [0.15, 0.2) is 0 Å². The highest BCUT2D eigenvalue weighted by molar-refractivity contribution is 7.47. The topological polar surface area (TPSA) is 237 Å². The number of phosphoric acid groups is 2. The first-order valence-electron chi connectivity index (χ1n) is 40.7. The molecular weight excluding hydrogens is 1270 g/mol. The molecule has 0 aliphatic carbocycles. The lowest BCUT2D eigenvalue weighted by molar-refractivity contribution is -0.161. The second kappa shape index (κ2) is 71.1. The molecule has 3 unspecified atom stereocenters. The van der Waals surface area contributed by atoms with Crippen LogP contribution in [0.25, 0.3) is 0 Å². The highest BCUT2D eigenvalue weighted by Gasteiger charge is 2.30. The SMILES string of the molecule is CCCCCCCCCCCCCCCCCCCCCCCCC(=O)O[C@H](COC(=O)CCCCCCCCCCCCC(C)CC)COP(=O)(O)OC[C@@H](O)COP(=O)(O)OC[C@@H](COC(=O)CCCCCCCCCCC)OC(=O)CCCCCCCCCCCCCC. The summed E-state index contributed by atoms with van der Waals surface area (Å²) in [5, 5.41) is 10.6. The summed E-state index contributed by atoms with van der Waals surface area (Å²) in [6.07, 6.45) is 61.1. The van der Waals surface area contributed by atoms with E-state index < -0.39 is 97.5 Å². The minimum Gasteiger partial charge on any atom is -0.462 e. The van der Waals surface area contributed by atoms with Crippen molar-refractivity contribution < 1.29 is 80.2 Å². The van der Waals surface area contributed by atoms with Gasteiger partial charge < -0.3 is 33.8 Å². The number of carbonyl (C=O) groups is 4. The zero-order chi connectivity index (χ0) is 71.2.